The number of fused-ring (bicyclic) bond motifs is 6. The predicted octanol–water partition coefficient (Wildman–Crippen LogP) is 6.39. The Morgan fingerprint density at radius 1 is 0.800 bits per heavy atom. The highest BCUT2D eigenvalue weighted by atomic mass is 16.6. The molecule has 0 N–H and O–H groups in total. The highest BCUT2D eigenvalue weighted by Crippen LogP contribution is 2.52. The predicted molar refractivity (Wildman–Crippen MR) is 138 cm³/mol. The highest BCUT2D eigenvalue weighted by molar-refractivity contribution is 5.94. The summed E-state index contributed by atoms with van der Waals surface area (Å²) in [7, 11) is 0. The maximum atomic E-state index is 12.6. The molecule has 2 bridgehead atoms. The lowest BCUT2D eigenvalue weighted by molar-refractivity contribution is -0.0652. The lowest BCUT2D eigenvalue weighted by Gasteiger charge is -2.44. The minimum Gasteiger partial charge on any atom is -0.450 e. The molecule has 35 heavy (non-hydrogen) atoms. The van der Waals surface area contributed by atoms with Crippen LogP contribution in [0.3, 0.4) is 0 Å². The quantitative estimate of drug-likeness (QED) is 0.420. The van der Waals surface area contributed by atoms with Gasteiger partial charge in [0.15, 0.2) is 0 Å². The molecule has 3 nitrogen and oxygen atoms in total. The fourth-order valence-electron chi connectivity index (χ4n) is 7.74. The Morgan fingerprint density at radius 3 is 2.09 bits per heavy atom. The van der Waals surface area contributed by atoms with Crippen molar-refractivity contribution in [1.29, 1.82) is 0 Å². The molecule has 0 radical (unpaired) electrons. The van der Waals surface area contributed by atoms with Gasteiger partial charge in [-0.25, -0.2) is 4.79 Å². The number of hydrogen-bond donors (Lipinski definition) is 0. The van der Waals surface area contributed by atoms with E-state index in [1.807, 2.05) is 12.1 Å². The van der Waals surface area contributed by atoms with Crippen LogP contribution in [0.25, 0.3) is 0 Å². The summed E-state index contributed by atoms with van der Waals surface area (Å²) in [6, 6.07) is 27.3. The number of hydrogen-bond acceptors (Lipinski definition) is 3. The molecule has 2 atom stereocenters. The lowest BCUT2D eigenvalue weighted by Crippen LogP contribution is -2.50. The topological polar surface area (TPSA) is 29.5 Å². The van der Waals surface area contributed by atoms with Crippen LogP contribution < -0.4 is 0 Å². The Bertz CT molecular complexity index is 1220. The minimum atomic E-state index is -0.394. The molecule has 1 spiro atoms. The normalized spacial score (nSPS) is 27.3. The van der Waals surface area contributed by atoms with Crippen LogP contribution >= 0.6 is 0 Å². The molecule has 3 heterocycles. The van der Waals surface area contributed by atoms with E-state index in [9.17, 15) is 4.79 Å². The number of carbonyl (C=O) groups is 1. The van der Waals surface area contributed by atoms with Crippen LogP contribution in [0.1, 0.15) is 82.6 Å². The van der Waals surface area contributed by atoms with E-state index in [4.69, 9.17) is 4.74 Å². The second kappa shape index (κ2) is 8.34. The molecule has 3 aromatic rings. The molecular formula is C32H33NO2. The van der Waals surface area contributed by atoms with Gasteiger partial charge in [-0.1, -0.05) is 66.7 Å². The van der Waals surface area contributed by atoms with Gasteiger partial charge in [-0.3, -0.25) is 4.90 Å². The van der Waals surface area contributed by atoms with Crippen molar-refractivity contribution in [2.75, 3.05) is 6.54 Å². The fraction of sp³-hybridized carbons (Fsp3) is 0.406. The molecule has 3 aromatic carbocycles. The standard InChI is InChI=1S/C32H33NO2/c34-31-29-12-5-6-14-30(29)32(35-31)20-24-17-18-25(21-32)33(24)19-7-13-28-26-10-3-1-8-22(26)15-16-23-9-2-4-11-27(23)28/h1-6,8-12,14,24-25,28H,7,13,15-21H2. The maximum absolute atomic E-state index is 12.6. The van der Waals surface area contributed by atoms with Gasteiger partial charge in [-0.2, -0.15) is 0 Å². The van der Waals surface area contributed by atoms with Crippen LogP contribution in [0.4, 0.5) is 0 Å². The Morgan fingerprint density at radius 2 is 1.40 bits per heavy atom. The Labute approximate surface area is 208 Å². The van der Waals surface area contributed by atoms with Crippen molar-refractivity contribution in [2.45, 2.75) is 75.0 Å². The average Bonchev–Trinajstić information content (AvgIpc) is 3.22. The van der Waals surface area contributed by atoms with Crippen molar-refractivity contribution < 1.29 is 9.53 Å². The molecule has 3 aliphatic heterocycles. The smallest absolute Gasteiger partial charge is 0.339 e. The number of piperidine rings is 1. The number of ether oxygens (including phenoxy) is 1. The Kier molecular flexibility index (Phi) is 5.10. The van der Waals surface area contributed by atoms with Gasteiger partial charge in [-0.05, 0) is 73.4 Å². The summed E-state index contributed by atoms with van der Waals surface area (Å²) in [5.41, 5.74) is 7.64. The van der Waals surface area contributed by atoms with Gasteiger partial charge in [0.05, 0.1) is 5.56 Å². The van der Waals surface area contributed by atoms with Crippen LogP contribution in [-0.4, -0.2) is 29.5 Å². The Hall–Kier alpha value is -2.91. The number of rotatable bonds is 4. The third-order valence-corrected chi connectivity index (χ3v) is 9.26. The number of aryl methyl sites for hydroxylation is 2. The average molecular weight is 464 g/mol. The van der Waals surface area contributed by atoms with E-state index in [0.29, 0.717) is 18.0 Å². The monoisotopic (exact) mass is 463 g/mol. The molecule has 3 heteroatoms. The number of benzene rings is 3. The van der Waals surface area contributed by atoms with Gasteiger partial charge in [0, 0.05) is 36.4 Å². The Balaban J connectivity index is 1.09. The zero-order valence-corrected chi connectivity index (χ0v) is 20.3. The molecule has 0 amide bonds. The van der Waals surface area contributed by atoms with Gasteiger partial charge >= 0.3 is 5.97 Å². The van der Waals surface area contributed by atoms with E-state index in [-0.39, 0.29) is 5.97 Å². The van der Waals surface area contributed by atoms with E-state index in [0.717, 1.165) is 43.4 Å². The first-order valence-electron chi connectivity index (χ1n) is 13.5. The third kappa shape index (κ3) is 3.47. The largest absolute Gasteiger partial charge is 0.450 e. The number of nitrogens with zero attached hydrogens (tertiary/aromatic N) is 1. The van der Waals surface area contributed by atoms with Gasteiger partial charge in [0.2, 0.25) is 0 Å². The van der Waals surface area contributed by atoms with Crippen molar-refractivity contribution in [3.63, 3.8) is 0 Å². The zero-order chi connectivity index (χ0) is 23.4. The number of carbonyl (C=O) groups excluding carboxylic acids is 1. The summed E-state index contributed by atoms with van der Waals surface area (Å²) < 4.78 is 6.12. The zero-order valence-electron chi connectivity index (χ0n) is 20.3. The summed E-state index contributed by atoms with van der Waals surface area (Å²) in [5.74, 6) is 0.362. The van der Waals surface area contributed by atoms with E-state index in [1.165, 1.54) is 47.9 Å². The van der Waals surface area contributed by atoms with Gasteiger partial charge in [0.1, 0.15) is 5.60 Å². The number of esters is 1. The summed E-state index contributed by atoms with van der Waals surface area (Å²) >= 11 is 0. The first-order valence-corrected chi connectivity index (χ1v) is 13.5. The van der Waals surface area contributed by atoms with Crippen molar-refractivity contribution in [2.24, 2.45) is 0 Å². The second-order valence-corrected chi connectivity index (χ2v) is 11.1. The third-order valence-electron chi connectivity index (χ3n) is 9.26. The van der Waals surface area contributed by atoms with E-state index >= 15 is 0 Å². The maximum Gasteiger partial charge on any atom is 0.339 e. The molecule has 2 saturated heterocycles. The SMILES string of the molecule is O=C1OC2(CC3CCC(C2)N3CCCC2c3ccccc3CCc3ccccc32)c2ccccc21. The van der Waals surface area contributed by atoms with Gasteiger partial charge < -0.3 is 4.74 Å². The van der Waals surface area contributed by atoms with Crippen molar-refractivity contribution in [3.05, 3.63) is 106 Å². The van der Waals surface area contributed by atoms with Crippen molar-refractivity contribution in [3.8, 4) is 0 Å². The molecule has 0 aromatic heterocycles. The van der Waals surface area contributed by atoms with Crippen LogP contribution in [0, 0.1) is 0 Å². The molecule has 1 aliphatic carbocycles. The first kappa shape index (κ1) is 21.4. The van der Waals surface area contributed by atoms with Gasteiger partial charge in [0.25, 0.3) is 0 Å². The summed E-state index contributed by atoms with van der Waals surface area (Å²) in [6.45, 7) is 1.14. The van der Waals surface area contributed by atoms with Crippen LogP contribution in [-0.2, 0) is 23.2 Å². The second-order valence-electron chi connectivity index (χ2n) is 11.1. The highest BCUT2D eigenvalue weighted by Gasteiger charge is 2.55. The van der Waals surface area contributed by atoms with Crippen molar-refractivity contribution in [1.82, 2.24) is 4.90 Å². The van der Waals surface area contributed by atoms with E-state index in [1.54, 1.807) is 0 Å². The summed E-state index contributed by atoms with van der Waals surface area (Å²) in [5, 5.41) is 0. The molecule has 0 saturated carbocycles. The summed E-state index contributed by atoms with van der Waals surface area (Å²) in [4.78, 5) is 15.4. The first-order chi connectivity index (χ1) is 17.2. The van der Waals surface area contributed by atoms with E-state index < -0.39 is 5.60 Å². The molecule has 178 valence electrons. The minimum absolute atomic E-state index is 0.126. The fourth-order valence-corrected chi connectivity index (χ4v) is 7.74. The van der Waals surface area contributed by atoms with Crippen molar-refractivity contribution >= 4 is 5.97 Å². The molecule has 4 aliphatic rings. The van der Waals surface area contributed by atoms with Crippen LogP contribution in [0.15, 0.2) is 72.8 Å². The molecule has 2 fully saturated rings. The summed E-state index contributed by atoms with van der Waals surface area (Å²) in [6.07, 6.45) is 9.01. The molecule has 7 rings (SSSR count). The molecule has 2 unspecified atom stereocenters. The van der Waals surface area contributed by atoms with Crippen LogP contribution in [0.2, 0.25) is 0 Å². The van der Waals surface area contributed by atoms with Gasteiger partial charge in [-0.15, -0.1) is 0 Å². The van der Waals surface area contributed by atoms with E-state index in [2.05, 4.69) is 65.6 Å². The van der Waals surface area contributed by atoms with Crippen LogP contribution in [0.5, 0.6) is 0 Å². The molecular weight excluding hydrogens is 430 g/mol. The lowest BCUT2D eigenvalue weighted by atomic mass is 9.79.